The third-order valence-corrected chi connectivity index (χ3v) is 7.52. The molecular formula is C29H27FN4O3S. The molecule has 3 heterocycles. The zero-order chi connectivity index (χ0) is 27.2. The van der Waals surface area contributed by atoms with Crippen molar-refractivity contribution < 1.29 is 18.7 Å². The van der Waals surface area contributed by atoms with E-state index in [2.05, 4.69) is 10.3 Å². The number of carbonyl (C=O) groups excluding carboxylic acids is 2. The summed E-state index contributed by atoms with van der Waals surface area (Å²) in [5.41, 5.74) is 2.20. The largest absolute Gasteiger partial charge is 0.435 e. The van der Waals surface area contributed by atoms with Gasteiger partial charge in [-0.25, -0.2) is 14.4 Å². The molecule has 194 valence electrons. The Kier molecular flexibility index (Phi) is 6.48. The SMILES string of the molecule is Cc1cnc(NC(=O)C(C)(C)C2c3ccc(-c4ccc(C(=O)N(C)C)cc4)nc3Oc3c(F)cccc32)s1. The molecule has 1 aliphatic rings. The number of halogens is 1. The maximum atomic E-state index is 15.0. The second-order valence-electron chi connectivity index (χ2n) is 10.0. The first kappa shape index (κ1) is 25.5. The van der Waals surface area contributed by atoms with Crippen LogP contribution in [0, 0.1) is 18.2 Å². The molecule has 1 N–H and O–H groups in total. The summed E-state index contributed by atoms with van der Waals surface area (Å²) in [5.74, 6) is -1.09. The average molecular weight is 531 g/mol. The van der Waals surface area contributed by atoms with E-state index in [1.165, 1.54) is 22.3 Å². The number of ether oxygens (including phenoxy) is 1. The van der Waals surface area contributed by atoms with Gasteiger partial charge in [-0.2, -0.15) is 0 Å². The van der Waals surface area contributed by atoms with Crippen molar-refractivity contribution in [2.24, 2.45) is 5.41 Å². The van der Waals surface area contributed by atoms with Gasteiger partial charge in [0.1, 0.15) is 0 Å². The Hall–Kier alpha value is -4.11. The van der Waals surface area contributed by atoms with Crippen LogP contribution in [-0.4, -0.2) is 40.8 Å². The first-order valence-electron chi connectivity index (χ1n) is 12.1. The quantitative estimate of drug-likeness (QED) is 0.329. The van der Waals surface area contributed by atoms with Gasteiger partial charge in [0, 0.05) is 53.3 Å². The van der Waals surface area contributed by atoms with Crippen molar-refractivity contribution in [1.82, 2.24) is 14.9 Å². The summed E-state index contributed by atoms with van der Waals surface area (Å²) in [6.45, 7) is 5.57. The Balaban J connectivity index is 1.55. The first-order valence-corrected chi connectivity index (χ1v) is 12.9. The molecule has 2 amide bonds. The number of nitrogens with zero attached hydrogens (tertiary/aromatic N) is 3. The van der Waals surface area contributed by atoms with E-state index in [9.17, 15) is 14.0 Å². The van der Waals surface area contributed by atoms with Gasteiger partial charge < -0.3 is 15.0 Å². The smallest absolute Gasteiger partial charge is 0.253 e. The fourth-order valence-electron chi connectivity index (χ4n) is 4.66. The molecule has 0 aliphatic carbocycles. The minimum Gasteiger partial charge on any atom is -0.435 e. The Morgan fingerprint density at radius 3 is 2.45 bits per heavy atom. The van der Waals surface area contributed by atoms with Crippen LogP contribution >= 0.6 is 11.3 Å². The van der Waals surface area contributed by atoms with Crippen molar-refractivity contribution in [3.8, 4) is 22.9 Å². The van der Waals surface area contributed by atoms with Gasteiger partial charge in [0.05, 0.1) is 11.1 Å². The summed E-state index contributed by atoms with van der Waals surface area (Å²) < 4.78 is 21.0. The summed E-state index contributed by atoms with van der Waals surface area (Å²) >= 11 is 1.39. The minimum absolute atomic E-state index is 0.0625. The summed E-state index contributed by atoms with van der Waals surface area (Å²) in [6.07, 6.45) is 1.70. The molecule has 0 spiro atoms. The van der Waals surface area contributed by atoms with Gasteiger partial charge >= 0.3 is 0 Å². The van der Waals surface area contributed by atoms with Crippen molar-refractivity contribution in [3.05, 3.63) is 88.2 Å². The first-order chi connectivity index (χ1) is 18.1. The maximum Gasteiger partial charge on any atom is 0.253 e. The Labute approximate surface area is 224 Å². The monoisotopic (exact) mass is 530 g/mol. The molecule has 2 aromatic carbocycles. The van der Waals surface area contributed by atoms with E-state index in [0.717, 1.165) is 10.4 Å². The number of pyridine rings is 1. The van der Waals surface area contributed by atoms with E-state index in [-0.39, 0.29) is 23.4 Å². The highest BCUT2D eigenvalue weighted by Crippen LogP contribution is 2.52. The Morgan fingerprint density at radius 2 is 1.79 bits per heavy atom. The van der Waals surface area contributed by atoms with Crippen LogP contribution in [0.3, 0.4) is 0 Å². The third kappa shape index (κ3) is 4.54. The number of hydrogen-bond acceptors (Lipinski definition) is 6. The van der Waals surface area contributed by atoms with E-state index in [1.54, 1.807) is 44.6 Å². The summed E-state index contributed by atoms with van der Waals surface area (Å²) in [4.78, 5) is 37.3. The number of aromatic nitrogens is 2. The molecule has 5 rings (SSSR count). The lowest BCUT2D eigenvalue weighted by Crippen LogP contribution is -2.38. The Bertz CT molecular complexity index is 1550. The molecule has 4 aromatic rings. The number of benzene rings is 2. The van der Waals surface area contributed by atoms with E-state index < -0.39 is 17.2 Å². The van der Waals surface area contributed by atoms with Gasteiger partial charge in [-0.15, -0.1) is 11.3 Å². The number of aryl methyl sites for hydroxylation is 1. The molecule has 0 radical (unpaired) electrons. The Morgan fingerprint density at radius 1 is 1.05 bits per heavy atom. The van der Waals surface area contributed by atoms with Crippen LogP contribution in [-0.2, 0) is 4.79 Å². The maximum absolute atomic E-state index is 15.0. The molecule has 1 atom stereocenters. The molecule has 2 aromatic heterocycles. The second-order valence-corrected chi connectivity index (χ2v) is 11.2. The fraction of sp³-hybridized carbons (Fsp3) is 0.241. The topological polar surface area (TPSA) is 84.4 Å². The molecule has 1 aliphatic heterocycles. The van der Waals surface area contributed by atoms with E-state index >= 15 is 0 Å². The number of hydrogen-bond donors (Lipinski definition) is 1. The molecule has 0 saturated heterocycles. The predicted molar refractivity (Wildman–Crippen MR) is 145 cm³/mol. The molecule has 1 unspecified atom stereocenters. The summed E-state index contributed by atoms with van der Waals surface area (Å²) in [5, 5.41) is 3.43. The normalized spacial score (nSPS) is 14.2. The van der Waals surface area contributed by atoms with Gasteiger partial charge in [-0.05, 0) is 31.2 Å². The van der Waals surface area contributed by atoms with Gasteiger partial charge in [-0.1, -0.05) is 44.2 Å². The zero-order valence-corrected chi connectivity index (χ0v) is 22.5. The predicted octanol–water partition coefficient (Wildman–Crippen LogP) is 6.26. The van der Waals surface area contributed by atoms with Crippen molar-refractivity contribution in [2.75, 3.05) is 19.4 Å². The van der Waals surface area contributed by atoms with Crippen LogP contribution in [0.25, 0.3) is 11.3 Å². The van der Waals surface area contributed by atoms with Crippen LogP contribution in [0.15, 0.2) is 60.8 Å². The van der Waals surface area contributed by atoms with Gasteiger partial charge in [0.2, 0.25) is 11.8 Å². The van der Waals surface area contributed by atoms with Gasteiger partial charge in [0.15, 0.2) is 16.7 Å². The summed E-state index contributed by atoms with van der Waals surface area (Å²) in [6, 6.07) is 15.6. The highest BCUT2D eigenvalue weighted by molar-refractivity contribution is 7.15. The minimum atomic E-state index is -1.00. The standard InChI is InChI=1S/C29H27FN4O3S/c1-16-15-31-28(38-16)33-27(36)29(2,3)23-19-7-6-8-21(30)24(19)37-25-20(23)13-14-22(32-25)17-9-11-18(12-10-17)26(35)34(4)5/h6-15,23H,1-5H3,(H,31,33,36). The third-order valence-electron chi connectivity index (χ3n) is 6.69. The highest BCUT2D eigenvalue weighted by Gasteiger charge is 2.45. The molecular weight excluding hydrogens is 503 g/mol. The fourth-order valence-corrected chi connectivity index (χ4v) is 5.32. The van der Waals surface area contributed by atoms with Crippen molar-refractivity contribution in [3.63, 3.8) is 0 Å². The van der Waals surface area contributed by atoms with E-state index in [1.807, 2.05) is 45.0 Å². The highest BCUT2D eigenvalue weighted by atomic mass is 32.1. The molecule has 9 heteroatoms. The molecule has 0 fully saturated rings. The number of anilines is 1. The van der Waals surface area contributed by atoms with E-state index in [0.29, 0.717) is 27.5 Å². The van der Waals surface area contributed by atoms with Crippen LogP contribution in [0.4, 0.5) is 9.52 Å². The zero-order valence-electron chi connectivity index (χ0n) is 21.7. The number of amides is 2. The van der Waals surface area contributed by atoms with E-state index in [4.69, 9.17) is 9.72 Å². The molecule has 7 nitrogen and oxygen atoms in total. The number of rotatable bonds is 5. The number of nitrogens with one attached hydrogen (secondary N) is 1. The average Bonchev–Trinajstić information content (AvgIpc) is 3.31. The van der Waals surface area contributed by atoms with Crippen molar-refractivity contribution in [1.29, 1.82) is 0 Å². The van der Waals surface area contributed by atoms with Crippen molar-refractivity contribution >= 4 is 28.3 Å². The summed E-state index contributed by atoms with van der Waals surface area (Å²) in [7, 11) is 3.40. The van der Waals surface area contributed by atoms with Crippen LogP contribution in [0.5, 0.6) is 11.6 Å². The molecule has 38 heavy (non-hydrogen) atoms. The number of fused-ring (bicyclic) bond motifs is 2. The van der Waals surface area contributed by atoms with Gasteiger partial charge in [0.25, 0.3) is 5.91 Å². The lowest BCUT2D eigenvalue weighted by Gasteiger charge is -2.37. The van der Waals surface area contributed by atoms with Crippen LogP contribution in [0.2, 0.25) is 0 Å². The molecule has 0 bridgehead atoms. The van der Waals surface area contributed by atoms with Gasteiger partial charge in [-0.3, -0.25) is 9.59 Å². The second kappa shape index (κ2) is 9.64. The van der Waals surface area contributed by atoms with Crippen LogP contribution in [0.1, 0.15) is 46.1 Å². The molecule has 0 saturated carbocycles. The number of carbonyl (C=O) groups is 2. The number of para-hydroxylation sites is 1. The van der Waals surface area contributed by atoms with Crippen LogP contribution < -0.4 is 10.1 Å². The lowest BCUT2D eigenvalue weighted by molar-refractivity contribution is -0.124. The number of thiazole rings is 1. The van der Waals surface area contributed by atoms with Crippen molar-refractivity contribution in [2.45, 2.75) is 26.7 Å². The lowest BCUT2D eigenvalue weighted by atomic mass is 9.69.